The van der Waals surface area contributed by atoms with Gasteiger partial charge in [-0.2, -0.15) is 18.3 Å². The van der Waals surface area contributed by atoms with Crippen LogP contribution >= 0.6 is 27.3 Å². The Morgan fingerprint density at radius 3 is 2.79 bits per heavy atom. The molecule has 0 bridgehead atoms. The lowest BCUT2D eigenvalue weighted by molar-refractivity contribution is -0.137. The van der Waals surface area contributed by atoms with E-state index >= 15 is 0 Å². The van der Waals surface area contributed by atoms with Crippen molar-refractivity contribution in [3.05, 3.63) is 63.1 Å². The third-order valence-electron chi connectivity index (χ3n) is 4.28. The molecule has 0 aliphatic rings. The number of ether oxygens (including phenoxy) is 2. The largest absolute Gasteiger partial charge is 0.493 e. The van der Waals surface area contributed by atoms with Crippen LogP contribution < -0.4 is 20.2 Å². The van der Waals surface area contributed by atoms with E-state index in [0.29, 0.717) is 39.0 Å². The van der Waals surface area contributed by atoms with E-state index in [1.54, 1.807) is 17.5 Å². The summed E-state index contributed by atoms with van der Waals surface area (Å²) >= 11 is 4.60. The number of carbonyl (C=O) groups excluding carboxylic acids is 1. The Morgan fingerprint density at radius 1 is 1.29 bits per heavy atom. The van der Waals surface area contributed by atoms with Gasteiger partial charge in [0.2, 0.25) is 5.91 Å². The summed E-state index contributed by atoms with van der Waals surface area (Å²) in [6.07, 6.45) is -3.02. The van der Waals surface area contributed by atoms with Gasteiger partial charge in [-0.1, -0.05) is 6.07 Å². The van der Waals surface area contributed by atoms with Crippen molar-refractivity contribution in [2.24, 2.45) is 5.10 Å². The number of methoxy groups -OCH3 is 1. The van der Waals surface area contributed by atoms with Crippen LogP contribution in [0.2, 0.25) is 0 Å². The maximum Gasteiger partial charge on any atom is 0.416 e. The summed E-state index contributed by atoms with van der Waals surface area (Å²) in [5.41, 5.74) is 3.04. The van der Waals surface area contributed by atoms with Crippen molar-refractivity contribution >= 4 is 50.2 Å². The molecule has 0 atom stereocenters. The SMILES string of the molecule is CCOc1c(Br)cc(/C=N\NC(=O)Cc2csc(Nc3cccc(C(F)(F)F)c3)n2)cc1OC. The molecule has 0 saturated heterocycles. The van der Waals surface area contributed by atoms with E-state index in [1.165, 1.54) is 36.8 Å². The van der Waals surface area contributed by atoms with Crippen LogP contribution in [0.1, 0.15) is 23.7 Å². The van der Waals surface area contributed by atoms with Crippen LogP contribution in [0, 0.1) is 0 Å². The Hall–Kier alpha value is -3.12. The fourth-order valence-corrected chi connectivity index (χ4v) is 4.13. The highest BCUT2D eigenvalue weighted by atomic mass is 79.9. The highest BCUT2D eigenvalue weighted by Crippen LogP contribution is 2.36. The van der Waals surface area contributed by atoms with Crippen LogP contribution in [0.5, 0.6) is 11.5 Å². The van der Waals surface area contributed by atoms with Crippen LogP contribution in [-0.2, 0) is 17.4 Å². The van der Waals surface area contributed by atoms with E-state index < -0.39 is 17.6 Å². The van der Waals surface area contributed by atoms with Gasteiger partial charge in [0.05, 0.1) is 42.1 Å². The summed E-state index contributed by atoms with van der Waals surface area (Å²) in [6, 6.07) is 8.30. The lowest BCUT2D eigenvalue weighted by Crippen LogP contribution is -2.20. The predicted octanol–water partition coefficient (Wildman–Crippen LogP) is 5.77. The molecule has 0 radical (unpaired) electrons. The number of aromatic nitrogens is 1. The second-order valence-electron chi connectivity index (χ2n) is 6.78. The van der Waals surface area contributed by atoms with Gasteiger partial charge < -0.3 is 14.8 Å². The molecule has 1 heterocycles. The molecule has 34 heavy (non-hydrogen) atoms. The molecule has 2 N–H and O–H groups in total. The molecule has 12 heteroatoms. The van der Waals surface area contributed by atoms with Gasteiger partial charge in [0, 0.05) is 11.1 Å². The smallest absolute Gasteiger partial charge is 0.416 e. The Bertz CT molecular complexity index is 1180. The van der Waals surface area contributed by atoms with Gasteiger partial charge in [-0.3, -0.25) is 4.79 Å². The number of alkyl halides is 3. The van der Waals surface area contributed by atoms with Crippen LogP contribution in [0.4, 0.5) is 24.0 Å². The summed E-state index contributed by atoms with van der Waals surface area (Å²) in [4.78, 5) is 16.4. The van der Waals surface area contributed by atoms with E-state index in [0.717, 1.165) is 12.1 Å². The fraction of sp³-hybridized carbons (Fsp3) is 0.227. The summed E-state index contributed by atoms with van der Waals surface area (Å²) in [6.45, 7) is 2.34. The lowest BCUT2D eigenvalue weighted by Gasteiger charge is -2.11. The zero-order valence-electron chi connectivity index (χ0n) is 18.1. The molecule has 0 saturated carbocycles. The van der Waals surface area contributed by atoms with E-state index in [-0.39, 0.29) is 12.1 Å². The predicted molar refractivity (Wildman–Crippen MR) is 128 cm³/mol. The number of carbonyl (C=O) groups is 1. The monoisotopic (exact) mass is 556 g/mol. The van der Waals surface area contributed by atoms with Crippen molar-refractivity contribution in [3.8, 4) is 11.5 Å². The van der Waals surface area contributed by atoms with E-state index in [1.807, 2.05) is 6.92 Å². The summed E-state index contributed by atoms with van der Waals surface area (Å²) in [5, 5.41) is 8.79. The fourth-order valence-electron chi connectivity index (χ4n) is 2.82. The van der Waals surface area contributed by atoms with Crippen LogP contribution in [0.15, 0.2) is 51.4 Å². The number of nitrogens with zero attached hydrogens (tertiary/aromatic N) is 2. The first-order chi connectivity index (χ1) is 16.2. The number of hydrazone groups is 1. The Balaban J connectivity index is 1.57. The highest BCUT2D eigenvalue weighted by molar-refractivity contribution is 9.10. The molecule has 180 valence electrons. The van der Waals surface area contributed by atoms with Gasteiger partial charge in [0.25, 0.3) is 0 Å². The standard InChI is InChI=1S/C22H20BrF3N4O3S/c1-3-33-20-17(23)7-13(8-18(20)32-2)11-27-30-19(31)10-16-12-34-21(29-16)28-15-6-4-5-14(9-15)22(24,25)26/h4-9,11-12H,3,10H2,1-2H3,(H,28,29)(H,30,31)/b27-11-. The molecule has 3 aromatic rings. The molecule has 0 spiro atoms. The first kappa shape index (κ1) is 25.5. The van der Waals surface area contributed by atoms with Gasteiger partial charge in [-0.15, -0.1) is 11.3 Å². The second kappa shape index (κ2) is 11.3. The molecule has 1 aromatic heterocycles. The van der Waals surface area contributed by atoms with Gasteiger partial charge in [0.15, 0.2) is 16.6 Å². The number of anilines is 2. The summed E-state index contributed by atoms with van der Waals surface area (Å²) in [7, 11) is 1.52. The topological polar surface area (TPSA) is 84.8 Å². The van der Waals surface area contributed by atoms with Crippen LogP contribution in [0.25, 0.3) is 0 Å². The van der Waals surface area contributed by atoms with Crippen molar-refractivity contribution in [2.45, 2.75) is 19.5 Å². The number of amides is 1. The minimum absolute atomic E-state index is 0.0472. The van der Waals surface area contributed by atoms with E-state index in [2.05, 4.69) is 36.8 Å². The molecule has 7 nitrogen and oxygen atoms in total. The molecule has 0 aliphatic heterocycles. The molecular formula is C22H20BrF3N4O3S. The van der Waals surface area contributed by atoms with Crippen molar-refractivity contribution in [1.29, 1.82) is 0 Å². The average molecular weight is 557 g/mol. The summed E-state index contributed by atoms with van der Waals surface area (Å²) in [5.74, 6) is 0.695. The number of hydrogen-bond acceptors (Lipinski definition) is 7. The molecule has 2 aromatic carbocycles. The molecule has 0 aliphatic carbocycles. The molecule has 1 amide bonds. The normalized spacial score (nSPS) is 11.5. The number of halogens is 4. The zero-order chi connectivity index (χ0) is 24.7. The van der Waals surface area contributed by atoms with Crippen LogP contribution in [-0.4, -0.2) is 30.8 Å². The van der Waals surface area contributed by atoms with Gasteiger partial charge >= 0.3 is 6.18 Å². The first-order valence-corrected chi connectivity index (χ1v) is 11.6. The van der Waals surface area contributed by atoms with Crippen molar-refractivity contribution in [2.75, 3.05) is 19.0 Å². The Labute approximate surface area is 206 Å². The minimum atomic E-state index is -4.43. The quantitative estimate of drug-likeness (QED) is 0.258. The second-order valence-corrected chi connectivity index (χ2v) is 8.50. The molecule has 0 fully saturated rings. The maximum atomic E-state index is 12.9. The van der Waals surface area contributed by atoms with Crippen molar-refractivity contribution in [3.63, 3.8) is 0 Å². The maximum absolute atomic E-state index is 12.9. The Morgan fingerprint density at radius 2 is 2.09 bits per heavy atom. The number of rotatable bonds is 9. The number of nitrogens with one attached hydrogen (secondary N) is 2. The summed E-state index contributed by atoms with van der Waals surface area (Å²) < 4.78 is 50.1. The van der Waals surface area contributed by atoms with E-state index in [9.17, 15) is 18.0 Å². The van der Waals surface area contributed by atoms with Crippen molar-refractivity contribution in [1.82, 2.24) is 10.4 Å². The molecular weight excluding hydrogens is 537 g/mol. The van der Waals surface area contributed by atoms with Crippen molar-refractivity contribution < 1.29 is 27.4 Å². The number of thiazole rings is 1. The number of hydrogen-bond donors (Lipinski definition) is 2. The number of benzene rings is 2. The molecule has 3 rings (SSSR count). The van der Waals surface area contributed by atoms with Gasteiger partial charge in [0.1, 0.15) is 0 Å². The van der Waals surface area contributed by atoms with Gasteiger partial charge in [-0.05, 0) is 58.7 Å². The molecule has 0 unspecified atom stereocenters. The van der Waals surface area contributed by atoms with Crippen LogP contribution in [0.3, 0.4) is 0 Å². The first-order valence-electron chi connectivity index (χ1n) is 9.90. The average Bonchev–Trinajstić information content (AvgIpc) is 3.21. The Kier molecular flexibility index (Phi) is 8.51. The van der Waals surface area contributed by atoms with E-state index in [4.69, 9.17) is 9.47 Å². The third-order valence-corrected chi connectivity index (χ3v) is 5.67. The zero-order valence-corrected chi connectivity index (χ0v) is 20.5. The highest BCUT2D eigenvalue weighted by Gasteiger charge is 2.30. The third kappa shape index (κ3) is 6.94. The minimum Gasteiger partial charge on any atom is -0.493 e. The lowest BCUT2D eigenvalue weighted by atomic mass is 10.2. The van der Waals surface area contributed by atoms with Gasteiger partial charge in [-0.25, -0.2) is 10.4 Å².